The van der Waals surface area contributed by atoms with Crippen LogP contribution in [0.25, 0.3) is 0 Å². The number of benzene rings is 1. The van der Waals surface area contributed by atoms with Gasteiger partial charge in [0.05, 0.1) is 12.2 Å². The van der Waals surface area contributed by atoms with Gasteiger partial charge in [-0.15, -0.1) is 0 Å². The summed E-state index contributed by atoms with van der Waals surface area (Å²) in [7, 11) is 0. The Bertz CT molecular complexity index is 521. The fourth-order valence-electron chi connectivity index (χ4n) is 3.13. The second kappa shape index (κ2) is 8.16. The molecule has 1 saturated heterocycles. The molecular weight excluding hydrogens is 290 g/mol. The summed E-state index contributed by atoms with van der Waals surface area (Å²) in [5.74, 6) is 0. The highest BCUT2D eigenvalue weighted by Gasteiger charge is 2.26. The van der Waals surface area contributed by atoms with Gasteiger partial charge in [0.15, 0.2) is 0 Å². The Morgan fingerprint density at radius 1 is 1.13 bits per heavy atom. The highest BCUT2D eigenvalue weighted by molar-refractivity contribution is 5.67. The first-order valence-electron chi connectivity index (χ1n) is 8.59. The Kier molecular flexibility index (Phi) is 5.70. The quantitative estimate of drug-likeness (QED) is 0.791. The van der Waals surface area contributed by atoms with E-state index < -0.39 is 0 Å². The number of allylic oxidation sites excluding steroid dienone is 1. The maximum atomic E-state index is 12.1. The van der Waals surface area contributed by atoms with Gasteiger partial charge in [-0.2, -0.15) is 0 Å². The number of hydrogen-bond donors (Lipinski definition) is 0. The maximum absolute atomic E-state index is 12.1. The molecule has 1 fully saturated rings. The van der Waals surface area contributed by atoms with Crippen molar-refractivity contribution < 1.29 is 14.3 Å². The first-order chi connectivity index (χ1) is 11.3. The predicted molar refractivity (Wildman–Crippen MR) is 89.1 cm³/mol. The van der Waals surface area contributed by atoms with Crippen LogP contribution in [0.4, 0.5) is 4.79 Å². The van der Waals surface area contributed by atoms with Crippen molar-refractivity contribution in [1.29, 1.82) is 0 Å². The normalized spacial score (nSPS) is 22.1. The molecule has 4 nitrogen and oxygen atoms in total. The summed E-state index contributed by atoms with van der Waals surface area (Å²) < 4.78 is 11.5. The number of hydrogen-bond acceptors (Lipinski definition) is 3. The second-order valence-electron chi connectivity index (χ2n) is 6.26. The zero-order valence-corrected chi connectivity index (χ0v) is 13.5. The second-order valence-corrected chi connectivity index (χ2v) is 6.26. The van der Waals surface area contributed by atoms with Gasteiger partial charge in [0.25, 0.3) is 0 Å². The lowest BCUT2D eigenvalue weighted by atomic mass is 10.0. The Morgan fingerprint density at radius 2 is 1.91 bits per heavy atom. The lowest BCUT2D eigenvalue weighted by molar-refractivity contribution is -0.0271. The van der Waals surface area contributed by atoms with Gasteiger partial charge in [-0.25, -0.2) is 4.79 Å². The van der Waals surface area contributed by atoms with Crippen LogP contribution in [0.2, 0.25) is 0 Å². The lowest BCUT2D eigenvalue weighted by Crippen LogP contribution is -2.42. The highest BCUT2D eigenvalue weighted by atomic mass is 16.6. The van der Waals surface area contributed by atoms with Gasteiger partial charge in [0.1, 0.15) is 6.61 Å². The molecule has 1 aromatic rings. The molecule has 1 aliphatic carbocycles. The van der Waals surface area contributed by atoms with Crippen molar-refractivity contribution in [3.63, 3.8) is 0 Å². The summed E-state index contributed by atoms with van der Waals surface area (Å²) in [6.07, 6.45) is 10.0. The molecular formula is C19H25NO3. The van der Waals surface area contributed by atoms with Crippen LogP contribution >= 0.6 is 0 Å². The topological polar surface area (TPSA) is 38.8 Å². The molecule has 1 amide bonds. The van der Waals surface area contributed by atoms with Gasteiger partial charge in [-0.05, 0) is 37.7 Å². The van der Waals surface area contributed by atoms with Crippen LogP contribution in [-0.2, 0) is 16.1 Å². The van der Waals surface area contributed by atoms with Crippen molar-refractivity contribution >= 4 is 6.09 Å². The molecule has 0 N–H and O–H groups in total. The van der Waals surface area contributed by atoms with Gasteiger partial charge in [0, 0.05) is 13.1 Å². The van der Waals surface area contributed by atoms with Crippen LogP contribution in [0.3, 0.4) is 0 Å². The average molecular weight is 315 g/mol. The van der Waals surface area contributed by atoms with E-state index in [0.717, 1.165) is 24.8 Å². The van der Waals surface area contributed by atoms with Crippen molar-refractivity contribution in [1.82, 2.24) is 4.90 Å². The monoisotopic (exact) mass is 315 g/mol. The number of ether oxygens (including phenoxy) is 2. The molecule has 1 unspecified atom stereocenters. The average Bonchev–Trinajstić information content (AvgIpc) is 2.62. The van der Waals surface area contributed by atoms with Gasteiger partial charge >= 0.3 is 6.09 Å². The minimum Gasteiger partial charge on any atom is -0.445 e. The van der Waals surface area contributed by atoms with E-state index in [1.165, 1.54) is 12.8 Å². The highest BCUT2D eigenvalue weighted by Crippen LogP contribution is 2.21. The molecule has 3 rings (SSSR count). The first-order valence-corrected chi connectivity index (χ1v) is 8.59. The first kappa shape index (κ1) is 16.1. The number of carbonyl (C=O) groups is 1. The van der Waals surface area contributed by atoms with Gasteiger partial charge in [0.2, 0.25) is 0 Å². The summed E-state index contributed by atoms with van der Waals surface area (Å²) >= 11 is 0. The SMILES string of the molecule is O=C(OCc1ccccc1)N1CCC(OC2C=CCCC2)CC1. The third kappa shape index (κ3) is 4.83. The molecule has 23 heavy (non-hydrogen) atoms. The Balaban J connectivity index is 1.38. The van der Waals surface area contributed by atoms with E-state index in [4.69, 9.17) is 9.47 Å². The van der Waals surface area contributed by atoms with E-state index in [1.54, 1.807) is 4.90 Å². The van der Waals surface area contributed by atoms with Crippen LogP contribution in [-0.4, -0.2) is 36.3 Å². The number of likely N-dealkylation sites (tertiary alicyclic amines) is 1. The van der Waals surface area contributed by atoms with Crippen LogP contribution < -0.4 is 0 Å². The summed E-state index contributed by atoms with van der Waals surface area (Å²) in [6.45, 7) is 1.77. The van der Waals surface area contributed by atoms with Crippen LogP contribution in [0.5, 0.6) is 0 Å². The molecule has 1 aromatic carbocycles. The summed E-state index contributed by atoms with van der Waals surface area (Å²) in [4.78, 5) is 13.9. The minimum absolute atomic E-state index is 0.218. The van der Waals surface area contributed by atoms with Crippen LogP contribution in [0.15, 0.2) is 42.5 Å². The van der Waals surface area contributed by atoms with E-state index in [1.807, 2.05) is 30.3 Å². The standard InChI is InChI=1S/C19H25NO3/c21-19(22-15-16-7-3-1-4-8-16)20-13-11-18(12-14-20)23-17-9-5-2-6-10-17/h1,3-5,7-9,17-18H,2,6,10-15H2. The summed E-state index contributed by atoms with van der Waals surface area (Å²) in [6, 6.07) is 9.78. The molecule has 0 aromatic heterocycles. The molecule has 0 radical (unpaired) electrons. The van der Waals surface area contributed by atoms with E-state index in [9.17, 15) is 4.79 Å². The Hall–Kier alpha value is -1.81. The lowest BCUT2D eigenvalue weighted by Gasteiger charge is -2.33. The van der Waals surface area contributed by atoms with Crippen molar-refractivity contribution in [3.8, 4) is 0 Å². The van der Waals surface area contributed by atoms with Crippen LogP contribution in [0.1, 0.15) is 37.7 Å². The fourth-order valence-corrected chi connectivity index (χ4v) is 3.13. The molecule has 4 heteroatoms. The predicted octanol–water partition coefficient (Wildman–Crippen LogP) is 3.91. The van der Waals surface area contributed by atoms with Gasteiger partial charge < -0.3 is 14.4 Å². The maximum Gasteiger partial charge on any atom is 0.410 e. The molecule has 1 aliphatic heterocycles. The largest absolute Gasteiger partial charge is 0.445 e. The van der Waals surface area contributed by atoms with Gasteiger partial charge in [-0.1, -0.05) is 42.5 Å². The zero-order chi connectivity index (χ0) is 15.9. The molecule has 2 aliphatic rings. The Morgan fingerprint density at radius 3 is 2.61 bits per heavy atom. The van der Waals surface area contributed by atoms with E-state index >= 15 is 0 Å². The molecule has 124 valence electrons. The van der Waals surface area contributed by atoms with Crippen LogP contribution in [0, 0.1) is 0 Å². The van der Waals surface area contributed by atoms with Crippen molar-refractivity contribution in [2.75, 3.05) is 13.1 Å². The van der Waals surface area contributed by atoms with Crippen molar-refractivity contribution in [2.24, 2.45) is 0 Å². The van der Waals surface area contributed by atoms with Crippen molar-refractivity contribution in [2.45, 2.75) is 50.9 Å². The molecule has 0 saturated carbocycles. The molecule has 0 spiro atoms. The summed E-state index contributed by atoms with van der Waals surface area (Å²) in [5.41, 5.74) is 1.02. The fraction of sp³-hybridized carbons (Fsp3) is 0.526. The number of nitrogens with zero attached hydrogens (tertiary/aromatic N) is 1. The number of piperidine rings is 1. The van der Waals surface area contributed by atoms with Gasteiger partial charge in [-0.3, -0.25) is 0 Å². The van der Waals surface area contributed by atoms with Crippen molar-refractivity contribution in [3.05, 3.63) is 48.0 Å². The number of rotatable bonds is 4. The third-order valence-corrected chi connectivity index (χ3v) is 4.48. The van der Waals surface area contributed by atoms with E-state index in [0.29, 0.717) is 19.7 Å². The smallest absolute Gasteiger partial charge is 0.410 e. The minimum atomic E-state index is -0.218. The molecule has 1 heterocycles. The summed E-state index contributed by atoms with van der Waals surface area (Å²) in [5, 5.41) is 0. The molecule has 0 bridgehead atoms. The van der Waals surface area contributed by atoms with E-state index in [2.05, 4.69) is 12.2 Å². The number of amides is 1. The number of carbonyl (C=O) groups excluding carboxylic acids is 1. The Labute approximate surface area is 138 Å². The molecule has 1 atom stereocenters. The zero-order valence-electron chi connectivity index (χ0n) is 13.5. The van der Waals surface area contributed by atoms with E-state index in [-0.39, 0.29) is 18.3 Å². The third-order valence-electron chi connectivity index (χ3n) is 4.48.